The van der Waals surface area contributed by atoms with Crippen LogP contribution in [0.15, 0.2) is 28.7 Å². The van der Waals surface area contributed by atoms with Crippen molar-refractivity contribution in [3.63, 3.8) is 0 Å². The van der Waals surface area contributed by atoms with Gasteiger partial charge in [0.05, 0.1) is 6.61 Å². The number of halogens is 1. The van der Waals surface area contributed by atoms with Crippen molar-refractivity contribution in [1.82, 2.24) is 4.90 Å². The zero-order valence-electron chi connectivity index (χ0n) is 11.5. The van der Waals surface area contributed by atoms with Gasteiger partial charge in [0.15, 0.2) is 0 Å². The third-order valence-electron chi connectivity index (χ3n) is 3.31. The summed E-state index contributed by atoms with van der Waals surface area (Å²) < 4.78 is 6.03. The van der Waals surface area contributed by atoms with Crippen LogP contribution in [0.4, 0.5) is 0 Å². The van der Waals surface area contributed by atoms with E-state index in [9.17, 15) is 9.59 Å². The lowest BCUT2D eigenvalue weighted by molar-refractivity contribution is -0.148. The molecule has 1 unspecified atom stereocenters. The lowest BCUT2D eigenvalue weighted by atomic mass is 10.1. The Morgan fingerprint density at radius 2 is 2.25 bits per heavy atom. The maximum atomic E-state index is 12.5. The van der Waals surface area contributed by atoms with Crippen LogP contribution in [-0.4, -0.2) is 36.0 Å². The molecule has 108 valence electrons. The number of carbonyl (C=O) groups is 2. The standard InChI is InChI=1S/C15H18BrNO3/c1-2-9-20-15(19)13-7-4-8-17(13)14(18)11-5-3-6-12(16)10-11/h3,5-6,10,13H,2,4,7-9H2,1H3. The molecule has 4 nitrogen and oxygen atoms in total. The van der Waals surface area contributed by atoms with E-state index in [1.165, 1.54) is 0 Å². The Hall–Kier alpha value is -1.36. The number of rotatable bonds is 4. The number of carbonyl (C=O) groups excluding carboxylic acids is 2. The molecule has 1 aliphatic heterocycles. The Labute approximate surface area is 127 Å². The molecule has 1 amide bonds. The zero-order valence-corrected chi connectivity index (χ0v) is 13.1. The SMILES string of the molecule is CCCOC(=O)C1CCCN1C(=O)c1cccc(Br)c1. The Kier molecular flexibility index (Phi) is 5.17. The van der Waals surface area contributed by atoms with Crippen LogP contribution in [-0.2, 0) is 9.53 Å². The number of nitrogens with zero attached hydrogens (tertiary/aromatic N) is 1. The second-order valence-electron chi connectivity index (χ2n) is 4.83. The van der Waals surface area contributed by atoms with E-state index in [4.69, 9.17) is 4.74 Å². The summed E-state index contributed by atoms with van der Waals surface area (Å²) >= 11 is 3.35. The fourth-order valence-electron chi connectivity index (χ4n) is 2.34. The Balaban J connectivity index is 2.10. The summed E-state index contributed by atoms with van der Waals surface area (Å²) in [7, 11) is 0. The van der Waals surface area contributed by atoms with E-state index < -0.39 is 6.04 Å². The summed E-state index contributed by atoms with van der Waals surface area (Å²) in [6.07, 6.45) is 2.31. The molecular weight excluding hydrogens is 322 g/mol. The second kappa shape index (κ2) is 6.88. The van der Waals surface area contributed by atoms with E-state index in [2.05, 4.69) is 15.9 Å². The topological polar surface area (TPSA) is 46.6 Å². The molecule has 0 radical (unpaired) electrons. The molecule has 1 aromatic rings. The molecule has 1 atom stereocenters. The van der Waals surface area contributed by atoms with Crippen LogP contribution >= 0.6 is 15.9 Å². The van der Waals surface area contributed by atoms with E-state index in [-0.39, 0.29) is 11.9 Å². The van der Waals surface area contributed by atoms with E-state index in [0.29, 0.717) is 25.1 Å². The minimum absolute atomic E-state index is 0.109. The highest BCUT2D eigenvalue weighted by atomic mass is 79.9. The van der Waals surface area contributed by atoms with Crippen molar-refractivity contribution in [2.24, 2.45) is 0 Å². The predicted octanol–water partition coefficient (Wildman–Crippen LogP) is 3.01. The lowest BCUT2D eigenvalue weighted by Crippen LogP contribution is -2.41. The average Bonchev–Trinajstić information content (AvgIpc) is 2.93. The number of hydrogen-bond acceptors (Lipinski definition) is 3. The minimum Gasteiger partial charge on any atom is -0.464 e. The van der Waals surface area contributed by atoms with E-state index in [0.717, 1.165) is 17.3 Å². The lowest BCUT2D eigenvalue weighted by Gasteiger charge is -2.23. The van der Waals surface area contributed by atoms with Gasteiger partial charge in [-0.2, -0.15) is 0 Å². The van der Waals surface area contributed by atoms with Gasteiger partial charge in [-0.3, -0.25) is 4.79 Å². The summed E-state index contributed by atoms with van der Waals surface area (Å²) in [6.45, 7) is 2.97. The van der Waals surface area contributed by atoms with Gasteiger partial charge in [-0.15, -0.1) is 0 Å². The van der Waals surface area contributed by atoms with Crippen molar-refractivity contribution in [2.45, 2.75) is 32.2 Å². The highest BCUT2D eigenvalue weighted by Crippen LogP contribution is 2.22. The van der Waals surface area contributed by atoms with Crippen molar-refractivity contribution < 1.29 is 14.3 Å². The average molecular weight is 340 g/mol. The third kappa shape index (κ3) is 3.39. The number of amides is 1. The van der Waals surface area contributed by atoms with Gasteiger partial charge in [0.2, 0.25) is 0 Å². The largest absolute Gasteiger partial charge is 0.464 e. The van der Waals surface area contributed by atoms with Gasteiger partial charge >= 0.3 is 5.97 Å². The molecule has 1 fully saturated rings. The molecule has 0 N–H and O–H groups in total. The van der Waals surface area contributed by atoms with Gasteiger partial charge in [0.25, 0.3) is 5.91 Å². The van der Waals surface area contributed by atoms with Gasteiger partial charge in [-0.1, -0.05) is 28.9 Å². The van der Waals surface area contributed by atoms with Crippen molar-refractivity contribution >= 4 is 27.8 Å². The van der Waals surface area contributed by atoms with Gasteiger partial charge in [-0.25, -0.2) is 4.79 Å². The summed E-state index contributed by atoms with van der Waals surface area (Å²) in [4.78, 5) is 26.1. The molecule has 20 heavy (non-hydrogen) atoms. The van der Waals surface area contributed by atoms with Gasteiger partial charge < -0.3 is 9.64 Å². The molecule has 1 aliphatic rings. The Morgan fingerprint density at radius 3 is 2.95 bits per heavy atom. The number of esters is 1. The molecular formula is C15H18BrNO3. The van der Waals surface area contributed by atoms with Crippen molar-refractivity contribution in [1.29, 1.82) is 0 Å². The highest BCUT2D eigenvalue weighted by Gasteiger charge is 2.35. The van der Waals surface area contributed by atoms with Crippen LogP contribution < -0.4 is 0 Å². The van der Waals surface area contributed by atoms with E-state index in [1.54, 1.807) is 17.0 Å². The number of benzene rings is 1. The monoisotopic (exact) mass is 339 g/mol. The molecule has 0 aliphatic carbocycles. The molecule has 1 saturated heterocycles. The molecule has 5 heteroatoms. The van der Waals surface area contributed by atoms with Gasteiger partial charge in [0, 0.05) is 16.6 Å². The molecule has 0 aromatic heterocycles. The fraction of sp³-hybridized carbons (Fsp3) is 0.467. The van der Waals surface area contributed by atoms with Crippen LogP contribution in [0.5, 0.6) is 0 Å². The van der Waals surface area contributed by atoms with Crippen molar-refractivity contribution in [3.05, 3.63) is 34.3 Å². The molecule has 0 bridgehead atoms. The van der Waals surface area contributed by atoms with Gasteiger partial charge in [0.1, 0.15) is 6.04 Å². The summed E-state index contributed by atoms with van der Waals surface area (Å²) in [5, 5.41) is 0. The fourth-order valence-corrected chi connectivity index (χ4v) is 2.74. The first kappa shape index (κ1) is 15.0. The van der Waals surface area contributed by atoms with Crippen LogP contribution in [0.25, 0.3) is 0 Å². The minimum atomic E-state index is -0.437. The Bertz CT molecular complexity index is 504. The molecule has 1 aromatic carbocycles. The summed E-state index contributed by atoms with van der Waals surface area (Å²) in [6, 6.07) is 6.79. The van der Waals surface area contributed by atoms with Crippen LogP contribution in [0, 0.1) is 0 Å². The van der Waals surface area contributed by atoms with Crippen LogP contribution in [0.2, 0.25) is 0 Å². The highest BCUT2D eigenvalue weighted by molar-refractivity contribution is 9.10. The summed E-state index contributed by atoms with van der Waals surface area (Å²) in [5.74, 6) is -0.394. The molecule has 0 saturated carbocycles. The van der Waals surface area contributed by atoms with Gasteiger partial charge in [-0.05, 0) is 37.5 Å². The van der Waals surface area contributed by atoms with Crippen LogP contribution in [0.3, 0.4) is 0 Å². The number of hydrogen-bond donors (Lipinski definition) is 0. The quantitative estimate of drug-likeness (QED) is 0.792. The van der Waals surface area contributed by atoms with E-state index >= 15 is 0 Å². The predicted molar refractivity (Wildman–Crippen MR) is 79.5 cm³/mol. The molecule has 2 rings (SSSR count). The molecule has 1 heterocycles. The maximum Gasteiger partial charge on any atom is 0.328 e. The normalized spacial score (nSPS) is 18.1. The Morgan fingerprint density at radius 1 is 1.45 bits per heavy atom. The number of likely N-dealkylation sites (tertiary alicyclic amines) is 1. The van der Waals surface area contributed by atoms with Crippen molar-refractivity contribution in [3.8, 4) is 0 Å². The molecule has 0 spiro atoms. The smallest absolute Gasteiger partial charge is 0.328 e. The summed E-state index contributed by atoms with van der Waals surface area (Å²) in [5.41, 5.74) is 0.592. The second-order valence-corrected chi connectivity index (χ2v) is 5.75. The third-order valence-corrected chi connectivity index (χ3v) is 3.80. The first-order valence-corrected chi connectivity index (χ1v) is 7.66. The van der Waals surface area contributed by atoms with Crippen LogP contribution in [0.1, 0.15) is 36.5 Å². The zero-order chi connectivity index (χ0) is 14.5. The van der Waals surface area contributed by atoms with Crippen molar-refractivity contribution in [2.75, 3.05) is 13.2 Å². The first-order chi connectivity index (χ1) is 9.63. The number of ether oxygens (including phenoxy) is 1. The first-order valence-electron chi connectivity index (χ1n) is 6.86. The maximum absolute atomic E-state index is 12.5. The van der Waals surface area contributed by atoms with E-state index in [1.807, 2.05) is 19.1 Å².